The van der Waals surface area contributed by atoms with E-state index in [4.69, 9.17) is 16.7 Å². The van der Waals surface area contributed by atoms with Crippen LogP contribution >= 0.6 is 11.6 Å². The van der Waals surface area contributed by atoms with Crippen LogP contribution in [0.4, 0.5) is 13.2 Å². The maximum atomic E-state index is 13.3. The largest absolute Gasteiger partial charge is 0.481 e. The second-order valence-electron chi connectivity index (χ2n) is 3.39. The lowest BCUT2D eigenvalue weighted by Crippen LogP contribution is -2.14. The first kappa shape index (κ1) is 12.8. The van der Waals surface area contributed by atoms with Crippen molar-refractivity contribution in [1.82, 2.24) is 0 Å². The van der Waals surface area contributed by atoms with Crippen molar-refractivity contribution in [2.24, 2.45) is 5.92 Å². The Morgan fingerprint density at radius 2 is 2.00 bits per heavy atom. The summed E-state index contributed by atoms with van der Waals surface area (Å²) in [5.74, 6) is -5.76. The van der Waals surface area contributed by atoms with E-state index < -0.39 is 39.9 Å². The van der Waals surface area contributed by atoms with Gasteiger partial charge in [-0.15, -0.1) is 0 Å². The topological polar surface area (TPSA) is 37.3 Å². The van der Waals surface area contributed by atoms with Crippen LogP contribution in [0.3, 0.4) is 0 Å². The van der Waals surface area contributed by atoms with Gasteiger partial charge in [0.1, 0.15) is 16.7 Å². The Morgan fingerprint density at radius 3 is 2.50 bits per heavy atom. The second-order valence-corrected chi connectivity index (χ2v) is 3.77. The summed E-state index contributed by atoms with van der Waals surface area (Å²) in [6.45, 7) is 1.29. The summed E-state index contributed by atoms with van der Waals surface area (Å²) in [5.41, 5.74) is -0.513. The van der Waals surface area contributed by atoms with Crippen LogP contribution in [0.2, 0.25) is 5.02 Å². The Bertz CT molecular complexity index is 435. The molecule has 1 unspecified atom stereocenters. The van der Waals surface area contributed by atoms with Gasteiger partial charge in [0.05, 0.1) is 5.92 Å². The van der Waals surface area contributed by atoms with Crippen LogP contribution in [-0.4, -0.2) is 11.1 Å². The average Bonchev–Trinajstić information content (AvgIpc) is 2.20. The first-order valence-corrected chi connectivity index (χ1v) is 4.77. The number of carboxylic acids is 1. The number of hydrogen-bond donors (Lipinski definition) is 1. The van der Waals surface area contributed by atoms with Crippen LogP contribution < -0.4 is 0 Å². The molecule has 0 aromatic heterocycles. The highest BCUT2D eigenvalue weighted by Gasteiger charge is 2.21. The van der Waals surface area contributed by atoms with E-state index in [1.807, 2.05) is 0 Å². The SMILES string of the molecule is CC(Cc1c(F)cc(F)c(Cl)c1F)C(=O)O. The molecule has 1 aromatic rings. The summed E-state index contributed by atoms with van der Waals surface area (Å²) in [7, 11) is 0. The molecule has 0 bridgehead atoms. The zero-order chi connectivity index (χ0) is 12.5. The Hall–Kier alpha value is -1.23. The lowest BCUT2D eigenvalue weighted by atomic mass is 10.0. The molecule has 0 aliphatic heterocycles. The molecule has 0 aliphatic rings. The van der Waals surface area contributed by atoms with Gasteiger partial charge in [-0.25, -0.2) is 13.2 Å². The fourth-order valence-corrected chi connectivity index (χ4v) is 1.35. The van der Waals surface area contributed by atoms with Crippen LogP contribution in [0.25, 0.3) is 0 Å². The molecule has 0 amide bonds. The van der Waals surface area contributed by atoms with Crippen LogP contribution in [0.15, 0.2) is 6.07 Å². The highest BCUT2D eigenvalue weighted by molar-refractivity contribution is 6.30. The van der Waals surface area contributed by atoms with E-state index in [1.165, 1.54) is 6.92 Å². The maximum Gasteiger partial charge on any atom is 0.306 e. The summed E-state index contributed by atoms with van der Waals surface area (Å²) in [5, 5.41) is 7.77. The van der Waals surface area contributed by atoms with E-state index in [9.17, 15) is 18.0 Å². The predicted octanol–water partition coefficient (Wildman–Crippen LogP) is 3.02. The Balaban J connectivity index is 3.14. The third-order valence-electron chi connectivity index (χ3n) is 2.14. The van der Waals surface area contributed by atoms with Gasteiger partial charge in [-0.05, 0) is 6.42 Å². The van der Waals surface area contributed by atoms with Crippen LogP contribution in [0.1, 0.15) is 12.5 Å². The minimum atomic E-state index is -1.24. The van der Waals surface area contributed by atoms with Crippen molar-refractivity contribution in [1.29, 1.82) is 0 Å². The van der Waals surface area contributed by atoms with Gasteiger partial charge in [-0.3, -0.25) is 4.79 Å². The first-order valence-electron chi connectivity index (χ1n) is 4.39. The molecule has 88 valence electrons. The summed E-state index contributed by atoms with van der Waals surface area (Å²) in [6, 6.07) is 0.440. The van der Waals surface area contributed by atoms with Gasteiger partial charge < -0.3 is 5.11 Å². The Kier molecular flexibility index (Phi) is 3.80. The van der Waals surface area contributed by atoms with E-state index in [0.717, 1.165) is 0 Å². The first-order chi connectivity index (χ1) is 7.34. The number of carboxylic acid groups (broad SMARTS) is 1. The zero-order valence-corrected chi connectivity index (χ0v) is 8.99. The molecule has 1 N–H and O–H groups in total. The van der Waals surface area contributed by atoms with Crippen molar-refractivity contribution < 1.29 is 23.1 Å². The molecule has 0 saturated carbocycles. The third-order valence-corrected chi connectivity index (χ3v) is 2.49. The van der Waals surface area contributed by atoms with Crippen molar-refractivity contribution in [3.8, 4) is 0 Å². The number of carbonyl (C=O) groups is 1. The van der Waals surface area contributed by atoms with E-state index >= 15 is 0 Å². The quantitative estimate of drug-likeness (QED) is 0.663. The van der Waals surface area contributed by atoms with Crippen molar-refractivity contribution in [3.05, 3.63) is 34.1 Å². The number of rotatable bonds is 3. The van der Waals surface area contributed by atoms with Crippen LogP contribution in [0.5, 0.6) is 0 Å². The van der Waals surface area contributed by atoms with E-state index in [-0.39, 0.29) is 6.42 Å². The number of hydrogen-bond acceptors (Lipinski definition) is 1. The Labute approximate surface area is 94.6 Å². The van der Waals surface area contributed by atoms with Gasteiger partial charge in [-0.1, -0.05) is 18.5 Å². The van der Waals surface area contributed by atoms with Crippen LogP contribution in [0, 0.1) is 23.4 Å². The molecule has 2 nitrogen and oxygen atoms in total. The van der Waals surface area contributed by atoms with Gasteiger partial charge in [-0.2, -0.15) is 0 Å². The third kappa shape index (κ3) is 2.47. The van der Waals surface area contributed by atoms with Crippen molar-refractivity contribution in [3.63, 3.8) is 0 Å². The van der Waals surface area contributed by atoms with Gasteiger partial charge in [0.25, 0.3) is 0 Å². The predicted molar refractivity (Wildman–Crippen MR) is 51.8 cm³/mol. The normalized spacial score (nSPS) is 12.6. The molecule has 1 aromatic carbocycles. The highest BCUT2D eigenvalue weighted by Crippen LogP contribution is 2.26. The number of benzene rings is 1. The highest BCUT2D eigenvalue weighted by atomic mass is 35.5. The second kappa shape index (κ2) is 4.74. The molecule has 0 radical (unpaired) electrons. The summed E-state index contributed by atoms with van der Waals surface area (Å²) in [6.07, 6.45) is -0.382. The van der Waals surface area contributed by atoms with Crippen molar-refractivity contribution >= 4 is 17.6 Å². The molecular weight excluding hydrogens is 245 g/mol. The minimum Gasteiger partial charge on any atom is -0.481 e. The molecular formula is C10H8ClF3O2. The summed E-state index contributed by atoms with van der Waals surface area (Å²) in [4.78, 5) is 10.5. The lowest BCUT2D eigenvalue weighted by Gasteiger charge is -2.09. The van der Waals surface area contributed by atoms with E-state index in [2.05, 4.69) is 0 Å². The van der Waals surface area contributed by atoms with E-state index in [0.29, 0.717) is 6.07 Å². The van der Waals surface area contributed by atoms with Crippen molar-refractivity contribution in [2.75, 3.05) is 0 Å². The van der Waals surface area contributed by atoms with E-state index in [1.54, 1.807) is 0 Å². The maximum absolute atomic E-state index is 13.3. The van der Waals surface area contributed by atoms with Crippen molar-refractivity contribution in [2.45, 2.75) is 13.3 Å². The molecule has 0 heterocycles. The smallest absolute Gasteiger partial charge is 0.306 e. The fraction of sp³-hybridized carbons (Fsp3) is 0.300. The van der Waals surface area contributed by atoms with Gasteiger partial charge in [0.15, 0.2) is 5.82 Å². The molecule has 1 rings (SSSR count). The fourth-order valence-electron chi connectivity index (χ4n) is 1.18. The standard InChI is InChI=1S/C10H8ClF3O2/c1-4(10(15)16)2-5-6(12)3-7(13)8(11)9(5)14/h3-4H,2H2,1H3,(H,15,16). The minimum absolute atomic E-state index is 0.382. The monoisotopic (exact) mass is 252 g/mol. The lowest BCUT2D eigenvalue weighted by molar-refractivity contribution is -0.141. The molecule has 0 spiro atoms. The van der Waals surface area contributed by atoms with Crippen LogP contribution in [-0.2, 0) is 11.2 Å². The summed E-state index contributed by atoms with van der Waals surface area (Å²) >= 11 is 5.25. The van der Waals surface area contributed by atoms with Gasteiger partial charge >= 0.3 is 5.97 Å². The molecule has 0 fully saturated rings. The number of aliphatic carboxylic acids is 1. The zero-order valence-electron chi connectivity index (χ0n) is 8.23. The molecule has 1 atom stereocenters. The molecule has 16 heavy (non-hydrogen) atoms. The summed E-state index contributed by atoms with van der Waals surface area (Å²) < 4.78 is 39.3. The average molecular weight is 253 g/mol. The number of halogens is 4. The molecule has 0 saturated heterocycles. The Morgan fingerprint density at radius 1 is 1.44 bits per heavy atom. The molecule has 6 heteroatoms. The molecule has 0 aliphatic carbocycles. The van der Waals surface area contributed by atoms with Gasteiger partial charge in [0, 0.05) is 11.6 Å². The van der Waals surface area contributed by atoms with Gasteiger partial charge in [0.2, 0.25) is 0 Å².